The number of piperazine rings is 1. The van der Waals surface area contributed by atoms with E-state index in [0.29, 0.717) is 43.4 Å². The molecule has 37 heavy (non-hydrogen) atoms. The number of piperidine rings is 1. The quantitative estimate of drug-likeness (QED) is 0.594. The lowest BCUT2D eigenvalue weighted by Crippen LogP contribution is -2.58. The minimum absolute atomic E-state index is 0.0722. The predicted molar refractivity (Wildman–Crippen MR) is 144 cm³/mol. The Morgan fingerprint density at radius 3 is 2.14 bits per heavy atom. The molecule has 0 saturated carbocycles. The minimum Gasteiger partial charge on any atom is -0.343 e. The first kappa shape index (κ1) is 27.3. The van der Waals surface area contributed by atoms with Crippen molar-refractivity contribution in [2.45, 2.75) is 43.2 Å². The van der Waals surface area contributed by atoms with Crippen LogP contribution in [-0.2, 0) is 19.4 Å². The zero-order chi connectivity index (χ0) is 26.6. The fourth-order valence-electron chi connectivity index (χ4n) is 5.61. The summed E-state index contributed by atoms with van der Waals surface area (Å²) in [7, 11) is -3.28. The van der Waals surface area contributed by atoms with Gasteiger partial charge in [0.05, 0.1) is 17.0 Å². The molecule has 2 N–H and O–H groups in total. The van der Waals surface area contributed by atoms with E-state index >= 15 is 0 Å². The average molecular weight is 527 g/mol. The van der Waals surface area contributed by atoms with E-state index in [4.69, 9.17) is 5.73 Å². The van der Waals surface area contributed by atoms with Gasteiger partial charge in [0, 0.05) is 58.9 Å². The zero-order valence-corrected chi connectivity index (χ0v) is 22.6. The van der Waals surface area contributed by atoms with Crippen LogP contribution in [0, 0.1) is 5.92 Å². The Morgan fingerprint density at radius 1 is 0.946 bits per heavy atom. The van der Waals surface area contributed by atoms with Crippen molar-refractivity contribution >= 4 is 21.7 Å². The van der Waals surface area contributed by atoms with Crippen molar-refractivity contribution in [1.82, 2.24) is 14.7 Å². The summed E-state index contributed by atoms with van der Waals surface area (Å²) in [6.07, 6.45) is 3.43. The molecule has 0 aromatic heterocycles. The molecule has 2 aliphatic rings. The van der Waals surface area contributed by atoms with Gasteiger partial charge < -0.3 is 15.5 Å². The molecule has 2 fully saturated rings. The van der Waals surface area contributed by atoms with Crippen LogP contribution in [0.3, 0.4) is 0 Å². The summed E-state index contributed by atoms with van der Waals surface area (Å²) in [6.45, 7) is 5.34. The number of sulfone groups is 1. The molecule has 0 spiro atoms. The molecular weight excluding hydrogens is 488 g/mol. The number of carbonyl (C=O) groups is 2. The molecule has 2 aromatic carbocycles. The van der Waals surface area contributed by atoms with Crippen LogP contribution in [0.15, 0.2) is 59.5 Å². The summed E-state index contributed by atoms with van der Waals surface area (Å²) in [5.74, 6) is 0.540. The average Bonchev–Trinajstić information content (AvgIpc) is 2.89. The lowest BCUT2D eigenvalue weighted by Gasteiger charge is -2.45. The number of rotatable bonds is 7. The highest BCUT2D eigenvalue weighted by Crippen LogP contribution is 2.32. The van der Waals surface area contributed by atoms with Crippen molar-refractivity contribution in [2.24, 2.45) is 11.7 Å². The second kappa shape index (κ2) is 11.8. The van der Waals surface area contributed by atoms with Gasteiger partial charge in [-0.05, 0) is 42.0 Å². The third-order valence-electron chi connectivity index (χ3n) is 7.73. The maximum Gasteiger partial charge on any atom is 0.223 e. The normalized spacial score (nSPS) is 20.6. The molecule has 4 rings (SSSR count). The van der Waals surface area contributed by atoms with Crippen molar-refractivity contribution in [2.75, 3.05) is 45.5 Å². The summed E-state index contributed by atoms with van der Waals surface area (Å²) in [5.41, 5.74) is 8.31. The van der Waals surface area contributed by atoms with Crippen LogP contribution in [0.5, 0.6) is 0 Å². The molecule has 2 aromatic rings. The van der Waals surface area contributed by atoms with Gasteiger partial charge in [0.1, 0.15) is 0 Å². The second-order valence-electron chi connectivity index (χ2n) is 10.3. The van der Waals surface area contributed by atoms with Crippen LogP contribution in [0.25, 0.3) is 0 Å². The fraction of sp³-hybridized carbons (Fsp3) is 0.500. The van der Waals surface area contributed by atoms with Gasteiger partial charge in [0.15, 0.2) is 9.84 Å². The molecule has 2 atom stereocenters. The molecule has 2 heterocycles. The zero-order valence-electron chi connectivity index (χ0n) is 21.8. The Bertz CT molecular complexity index is 1180. The Morgan fingerprint density at radius 2 is 1.57 bits per heavy atom. The molecule has 0 radical (unpaired) electrons. The lowest BCUT2D eigenvalue weighted by molar-refractivity contribution is -0.138. The summed E-state index contributed by atoms with van der Waals surface area (Å²) in [4.78, 5) is 31.4. The molecule has 2 aliphatic heterocycles. The fourth-order valence-corrected chi connectivity index (χ4v) is 6.24. The van der Waals surface area contributed by atoms with E-state index in [0.717, 1.165) is 37.1 Å². The van der Waals surface area contributed by atoms with Gasteiger partial charge in [0.2, 0.25) is 11.8 Å². The van der Waals surface area contributed by atoms with Crippen molar-refractivity contribution in [3.05, 3.63) is 65.7 Å². The third-order valence-corrected chi connectivity index (χ3v) is 8.86. The number of amides is 2. The molecule has 2 amide bonds. The van der Waals surface area contributed by atoms with Gasteiger partial charge in [0.25, 0.3) is 0 Å². The van der Waals surface area contributed by atoms with Gasteiger partial charge in [-0.15, -0.1) is 0 Å². The lowest BCUT2D eigenvalue weighted by atomic mass is 9.92. The highest BCUT2D eigenvalue weighted by atomic mass is 32.2. The maximum atomic E-state index is 13.3. The van der Waals surface area contributed by atoms with E-state index < -0.39 is 9.84 Å². The van der Waals surface area contributed by atoms with E-state index in [2.05, 4.69) is 17.0 Å². The van der Waals surface area contributed by atoms with E-state index in [1.165, 1.54) is 6.26 Å². The summed E-state index contributed by atoms with van der Waals surface area (Å²) in [5, 5.41) is 0. The van der Waals surface area contributed by atoms with Crippen LogP contribution in [0.2, 0.25) is 0 Å². The summed E-state index contributed by atoms with van der Waals surface area (Å²) >= 11 is 0. The first-order valence-electron chi connectivity index (χ1n) is 13.0. The van der Waals surface area contributed by atoms with Crippen molar-refractivity contribution < 1.29 is 18.0 Å². The molecule has 9 heteroatoms. The number of likely N-dealkylation sites (tertiary alicyclic amines) is 1. The minimum atomic E-state index is -3.28. The SMILES string of the molecule is CC(=O)N1CCC(CC(=O)N2CCN(C(c3ccccc3)c3ccc(S(C)(=O)=O)cc3)CC2CN)CC1. The van der Waals surface area contributed by atoms with E-state index in [9.17, 15) is 18.0 Å². The number of carbonyl (C=O) groups excluding carboxylic acids is 2. The number of hydrogen-bond acceptors (Lipinski definition) is 6. The second-order valence-corrected chi connectivity index (χ2v) is 12.3. The van der Waals surface area contributed by atoms with E-state index in [-0.39, 0.29) is 23.9 Å². The maximum absolute atomic E-state index is 13.3. The Hall–Kier alpha value is -2.75. The monoisotopic (exact) mass is 526 g/mol. The van der Waals surface area contributed by atoms with Crippen LogP contribution in [-0.4, -0.2) is 86.5 Å². The summed E-state index contributed by atoms with van der Waals surface area (Å²) in [6, 6.07) is 17.1. The van der Waals surface area contributed by atoms with Gasteiger partial charge in [-0.2, -0.15) is 0 Å². The smallest absolute Gasteiger partial charge is 0.223 e. The molecule has 2 unspecified atom stereocenters. The van der Waals surface area contributed by atoms with E-state index in [1.54, 1.807) is 19.1 Å². The highest BCUT2D eigenvalue weighted by molar-refractivity contribution is 7.90. The Balaban J connectivity index is 1.48. The van der Waals surface area contributed by atoms with Crippen molar-refractivity contribution in [3.63, 3.8) is 0 Å². The number of nitrogens with two attached hydrogens (primary N) is 1. The summed E-state index contributed by atoms with van der Waals surface area (Å²) < 4.78 is 24.0. The van der Waals surface area contributed by atoms with E-state index in [1.807, 2.05) is 40.1 Å². The largest absolute Gasteiger partial charge is 0.343 e. The predicted octanol–water partition coefficient (Wildman–Crippen LogP) is 2.30. The molecule has 0 bridgehead atoms. The van der Waals surface area contributed by atoms with Crippen LogP contribution in [0.4, 0.5) is 0 Å². The molecule has 200 valence electrons. The first-order chi connectivity index (χ1) is 17.7. The standard InChI is InChI=1S/C28H38N4O4S/c1-21(33)30-14-12-22(13-15-30)18-27(34)32-17-16-31(20-25(32)19-29)28(23-6-4-3-5-7-23)24-8-10-26(11-9-24)37(2,35)36/h3-11,22,25,28H,12-20,29H2,1-2H3. The molecule has 2 saturated heterocycles. The topological polar surface area (TPSA) is 104 Å². The van der Waals surface area contributed by atoms with Gasteiger partial charge in [-0.1, -0.05) is 42.5 Å². The number of hydrogen-bond donors (Lipinski definition) is 1. The molecule has 8 nitrogen and oxygen atoms in total. The van der Waals surface area contributed by atoms with Crippen LogP contribution in [0.1, 0.15) is 43.4 Å². The third kappa shape index (κ3) is 6.58. The number of benzene rings is 2. The Kier molecular flexibility index (Phi) is 8.67. The first-order valence-corrected chi connectivity index (χ1v) is 14.9. The Labute approximate surface area is 220 Å². The molecule has 0 aliphatic carbocycles. The van der Waals surface area contributed by atoms with Crippen molar-refractivity contribution in [1.29, 1.82) is 0 Å². The molecular formula is C28H38N4O4S. The highest BCUT2D eigenvalue weighted by Gasteiger charge is 2.35. The number of nitrogens with zero attached hydrogens (tertiary/aromatic N) is 3. The van der Waals surface area contributed by atoms with Gasteiger partial charge >= 0.3 is 0 Å². The van der Waals surface area contributed by atoms with Gasteiger partial charge in [-0.3, -0.25) is 14.5 Å². The van der Waals surface area contributed by atoms with Gasteiger partial charge in [-0.25, -0.2) is 8.42 Å². The van der Waals surface area contributed by atoms with Crippen LogP contribution >= 0.6 is 0 Å². The van der Waals surface area contributed by atoms with Crippen LogP contribution < -0.4 is 5.73 Å². The van der Waals surface area contributed by atoms with Crippen molar-refractivity contribution in [3.8, 4) is 0 Å².